The number of carbonyl (C=O) groups excluding carboxylic acids is 1. The Balaban J connectivity index is 1.42. The summed E-state index contributed by atoms with van der Waals surface area (Å²) in [6, 6.07) is 7.82. The van der Waals surface area contributed by atoms with Crippen LogP contribution >= 0.6 is 11.8 Å². The van der Waals surface area contributed by atoms with E-state index in [9.17, 15) is 4.79 Å². The molecular formula is C20H23N7OS. The van der Waals surface area contributed by atoms with Gasteiger partial charge in [-0.25, -0.2) is 9.98 Å². The molecule has 1 fully saturated rings. The number of primary amides is 1. The summed E-state index contributed by atoms with van der Waals surface area (Å²) in [5, 5.41) is 9.86. The van der Waals surface area contributed by atoms with Crippen molar-refractivity contribution in [1.82, 2.24) is 10.6 Å². The van der Waals surface area contributed by atoms with Crippen molar-refractivity contribution in [2.45, 2.75) is 29.6 Å². The van der Waals surface area contributed by atoms with Crippen LogP contribution in [0.15, 0.2) is 56.3 Å². The number of anilines is 1. The predicted molar refractivity (Wildman–Crippen MR) is 116 cm³/mol. The molecule has 2 aliphatic heterocycles. The second-order valence-electron chi connectivity index (χ2n) is 7.68. The van der Waals surface area contributed by atoms with Crippen molar-refractivity contribution in [3.8, 4) is 0 Å². The number of nitrogens with one attached hydrogen (secondary N) is 3. The monoisotopic (exact) mass is 409 g/mol. The lowest BCUT2D eigenvalue weighted by Crippen LogP contribution is -2.55. The zero-order valence-corrected chi connectivity index (χ0v) is 16.8. The molecule has 6 unspecified atom stereocenters. The predicted octanol–water partition coefficient (Wildman–Crippen LogP) is 1.18. The van der Waals surface area contributed by atoms with Gasteiger partial charge in [-0.3, -0.25) is 9.79 Å². The topological polar surface area (TPSA) is 116 Å². The summed E-state index contributed by atoms with van der Waals surface area (Å²) in [6.07, 6.45) is 8.63. The van der Waals surface area contributed by atoms with Gasteiger partial charge in [-0.05, 0) is 36.8 Å². The minimum absolute atomic E-state index is 0.146. The van der Waals surface area contributed by atoms with Gasteiger partial charge < -0.3 is 21.7 Å². The van der Waals surface area contributed by atoms with Crippen molar-refractivity contribution >= 4 is 41.5 Å². The van der Waals surface area contributed by atoms with E-state index in [1.54, 1.807) is 18.1 Å². The number of amidine groups is 1. The van der Waals surface area contributed by atoms with Crippen molar-refractivity contribution in [2.24, 2.45) is 38.5 Å². The molecule has 4 aliphatic rings. The molecular weight excluding hydrogens is 386 g/mol. The molecule has 8 nitrogen and oxygen atoms in total. The Bertz CT molecular complexity index is 956. The van der Waals surface area contributed by atoms with Gasteiger partial charge in [-0.15, -0.1) is 11.8 Å². The smallest absolute Gasteiger partial charge is 0.223 e. The first-order chi connectivity index (χ1) is 14.1. The van der Waals surface area contributed by atoms with Gasteiger partial charge in [0, 0.05) is 16.5 Å². The quantitative estimate of drug-likeness (QED) is 0.440. The van der Waals surface area contributed by atoms with Gasteiger partial charge in [0.2, 0.25) is 11.9 Å². The fraction of sp³-hybridized carbons (Fsp3) is 0.400. The number of fused-ring (bicyclic) bond motifs is 3. The summed E-state index contributed by atoms with van der Waals surface area (Å²) in [6.45, 7) is 0. The van der Waals surface area contributed by atoms with E-state index in [2.05, 4.69) is 50.2 Å². The zero-order chi connectivity index (χ0) is 20.0. The van der Waals surface area contributed by atoms with Gasteiger partial charge >= 0.3 is 0 Å². The molecule has 2 bridgehead atoms. The van der Waals surface area contributed by atoms with E-state index in [0.29, 0.717) is 5.96 Å². The van der Waals surface area contributed by atoms with E-state index in [4.69, 9.17) is 10.7 Å². The van der Waals surface area contributed by atoms with Gasteiger partial charge in [0.1, 0.15) is 11.9 Å². The highest BCUT2D eigenvalue weighted by Gasteiger charge is 2.48. The second kappa shape index (κ2) is 7.22. The van der Waals surface area contributed by atoms with Gasteiger partial charge in [0.05, 0.1) is 18.3 Å². The van der Waals surface area contributed by atoms with Crippen LogP contribution in [0.4, 0.5) is 5.69 Å². The highest BCUT2D eigenvalue weighted by molar-refractivity contribution is 7.98. The van der Waals surface area contributed by atoms with Gasteiger partial charge in [0.25, 0.3) is 0 Å². The molecule has 1 aromatic carbocycles. The van der Waals surface area contributed by atoms with Crippen LogP contribution in [0.1, 0.15) is 6.42 Å². The molecule has 2 aliphatic carbocycles. The molecule has 5 N–H and O–H groups in total. The average Bonchev–Trinajstić information content (AvgIpc) is 3.44. The molecule has 6 atom stereocenters. The first-order valence-electron chi connectivity index (χ1n) is 9.71. The first kappa shape index (κ1) is 18.2. The van der Waals surface area contributed by atoms with E-state index >= 15 is 0 Å². The summed E-state index contributed by atoms with van der Waals surface area (Å²) in [5.41, 5.74) is 6.64. The van der Waals surface area contributed by atoms with E-state index in [-0.39, 0.29) is 41.9 Å². The lowest BCUT2D eigenvalue weighted by molar-refractivity contribution is -0.122. The Labute approximate surface area is 173 Å². The number of aliphatic imine (C=N–C) groups is 3. The SMILES string of the molecule is CSc1cccc(NC2=NC3N=CNC3C(=NC3C4C=CC(C4)C3C(N)=O)N2)c1. The van der Waals surface area contributed by atoms with Crippen molar-refractivity contribution in [3.63, 3.8) is 0 Å². The number of guanidine groups is 1. The van der Waals surface area contributed by atoms with E-state index < -0.39 is 0 Å². The summed E-state index contributed by atoms with van der Waals surface area (Å²) in [4.78, 5) is 27.3. The Morgan fingerprint density at radius 2 is 2.21 bits per heavy atom. The van der Waals surface area contributed by atoms with Crippen LogP contribution in [-0.2, 0) is 4.79 Å². The number of thioether (sulfide) groups is 1. The average molecular weight is 410 g/mol. The van der Waals surface area contributed by atoms with Crippen LogP contribution in [0.5, 0.6) is 0 Å². The first-order valence-corrected chi connectivity index (χ1v) is 10.9. The number of hydrogen-bond acceptors (Lipinski definition) is 7. The number of carbonyl (C=O) groups is 1. The molecule has 1 amide bonds. The largest absolute Gasteiger partial charge is 0.369 e. The molecule has 0 aromatic heterocycles. The minimum atomic E-state index is -0.289. The molecule has 1 saturated carbocycles. The molecule has 29 heavy (non-hydrogen) atoms. The summed E-state index contributed by atoms with van der Waals surface area (Å²) < 4.78 is 0. The molecule has 0 spiro atoms. The molecule has 0 saturated heterocycles. The van der Waals surface area contributed by atoms with E-state index in [0.717, 1.165) is 22.8 Å². The van der Waals surface area contributed by atoms with Crippen LogP contribution in [-0.4, -0.2) is 48.5 Å². The highest BCUT2D eigenvalue weighted by Crippen LogP contribution is 2.45. The lowest BCUT2D eigenvalue weighted by Gasteiger charge is -2.29. The van der Waals surface area contributed by atoms with Crippen LogP contribution in [0.2, 0.25) is 0 Å². The molecule has 0 radical (unpaired) electrons. The third kappa shape index (κ3) is 3.29. The summed E-state index contributed by atoms with van der Waals surface area (Å²) in [7, 11) is 0. The highest BCUT2D eigenvalue weighted by atomic mass is 32.2. The third-order valence-corrected chi connectivity index (χ3v) is 6.67. The fourth-order valence-electron chi connectivity index (χ4n) is 4.59. The van der Waals surface area contributed by atoms with Crippen LogP contribution in [0.3, 0.4) is 0 Å². The van der Waals surface area contributed by atoms with Crippen molar-refractivity contribution < 1.29 is 4.79 Å². The number of nitrogens with two attached hydrogens (primary N) is 1. The van der Waals surface area contributed by atoms with Crippen LogP contribution in [0, 0.1) is 17.8 Å². The van der Waals surface area contributed by atoms with Crippen molar-refractivity contribution in [1.29, 1.82) is 0 Å². The number of allylic oxidation sites excluding steroid dienone is 1. The van der Waals surface area contributed by atoms with Crippen LogP contribution in [0.25, 0.3) is 0 Å². The molecule has 5 rings (SSSR count). The molecule has 2 heterocycles. The van der Waals surface area contributed by atoms with Crippen molar-refractivity contribution in [3.05, 3.63) is 36.4 Å². The Kier molecular flexibility index (Phi) is 4.54. The third-order valence-electron chi connectivity index (χ3n) is 5.95. The maximum atomic E-state index is 12.1. The number of hydrogen-bond donors (Lipinski definition) is 4. The summed E-state index contributed by atoms with van der Waals surface area (Å²) >= 11 is 1.68. The van der Waals surface area contributed by atoms with Crippen molar-refractivity contribution in [2.75, 3.05) is 11.6 Å². The maximum Gasteiger partial charge on any atom is 0.223 e. The second-order valence-corrected chi connectivity index (χ2v) is 8.56. The summed E-state index contributed by atoms with van der Waals surface area (Å²) in [5.74, 6) is 1.25. The number of nitrogens with zero attached hydrogens (tertiary/aromatic N) is 3. The normalized spacial score (nSPS) is 35.2. The number of rotatable bonds is 4. The standard InChI is InChI=1S/C20H23N7OS/c1-29-13-4-2-3-12(8-13)24-20-26-18-16(22-9-23-18)19(27-20)25-15-11-6-5-10(7-11)14(15)17(21)28/h2-6,8-11,14-16,18H,7H2,1H3,(H2,21,28)(H,22,23)(H2,24,25,26,27). The zero-order valence-electron chi connectivity index (χ0n) is 15.9. The maximum absolute atomic E-state index is 12.1. The van der Waals surface area contributed by atoms with Gasteiger partial charge in [-0.1, -0.05) is 18.2 Å². The molecule has 150 valence electrons. The Morgan fingerprint density at radius 1 is 1.34 bits per heavy atom. The molecule has 9 heteroatoms. The van der Waals surface area contributed by atoms with Gasteiger partial charge in [-0.2, -0.15) is 0 Å². The number of amides is 1. The lowest BCUT2D eigenvalue weighted by atomic mass is 9.88. The number of benzene rings is 1. The van der Waals surface area contributed by atoms with E-state index in [1.807, 2.05) is 18.4 Å². The van der Waals surface area contributed by atoms with Crippen LogP contribution < -0.4 is 21.7 Å². The fourth-order valence-corrected chi connectivity index (χ4v) is 5.05. The Hall–Kier alpha value is -2.81. The van der Waals surface area contributed by atoms with Gasteiger partial charge in [0.15, 0.2) is 6.17 Å². The Morgan fingerprint density at radius 3 is 3.03 bits per heavy atom. The molecule has 1 aromatic rings. The minimum Gasteiger partial charge on any atom is -0.369 e. The van der Waals surface area contributed by atoms with E-state index in [1.165, 1.54) is 0 Å².